The molecule has 0 unspecified atom stereocenters. The van der Waals surface area contributed by atoms with Crippen LogP contribution in [-0.4, -0.2) is 27.9 Å². The van der Waals surface area contributed by atoms with E-state index in [4.69, 9.17) is 4.74 Å². The van der Waals surface area contributed by atoms with Crippen LogP contribution in [0.5, 0.6) is 11.6 Å². The molecule has 0 spiro atoms. The zero-order valence-corrected chi connectivity index (χ0v) is 18.2. The Morgan fingerprint density at radius 1 is 1.06 bits per heavy atom. The molecule has 164 valence electrons. The number of benzene rings is 2. The molecular formula is C22H20FN5O3S. The third-order valence-corrected chi connectivity index (χ3v) is 5.73. The Hall–Kier alpha value is -3.79. The highest BCUT2D eigenvalue weighted by Crippen LogP contribution is 2.24. The largest absolute Gasteiger partial charge is 0.439 e. The second-order valence-electron chi connectivity index (χ2n) is 7.07. The summed E-state index contributed by atoms with van der Waals surface area (Å²) in [4.78, 5) is 12.9. The van der Waals surface area contributed by atoms with Crippen molar-refractivity contribution in [3.8, 4) is 17.4 Å². The van der Waals surface area contributed by atoms with Crippen molar-refractivity contribution in [3.63, 3.8) is 0 Å². The van der Waals surface area contributed by atoms with Gasteiger partial charge in [0.05, 0.1) is 5.75 Å². The number of aryl methyl sites for hydroxylation is 2. The Bertz CT molecular complexity index is 1350. The first-order valence-electron chi connectivity index (χ1n) is 9.66. The van der Waals surface area contributed by atoms with Crippen LogP contribution < -0.4 is 9.46 Å². The van der Waals surface area contributed by atoms with Gasteiger partial charge in [0.2, 0.25) is 15.9 Å². The van der Waals surface area contributed by atoms with Gasteiger partial charge in [0.15, 0.2) is 0 Å². The van der Waals surface area contributed by atoms with Gasteiger partial charge in [0.1, 0.15) is 29.0 Å². The molecule has 2 heterocycles. The topological polar surface area (TPSA) is 99.0 Å². The Morgan fingerprint density at radius 2 is 1.84 bits per heavy atom. The van der Waals surface area contributed by atoms with Gasteiger partial charge in [-0.2, -0.15) is 4.98 Å². The summed E-state index contributed by atoms with van der Waals surface area (Å²) in [7, 11) is -3.70. The van der Waals surface area contributed by atoms with Crippen LogP contribution in [-0.2, 0) is 15.8 Å². The number of sulfonamides is 1. The van der Waals surface area contributed by atoms with Crippen LogP contribution >= 0.6 is 0 Å². The fourth-order valence-electron chi connectivity index (χ4n) is 3.09. The van der Waals surface area contributed by atoms with E-state index in [1.54, 1.807) is 55.7 Å². The van der Waals surface area contributed by atoms with E-state index >= 15 is 0 Å². The van der Waals surface area contributed by atoms with Gasteiger partial charge >= 0.3 is 0 Å². The van der Waals surface area contributed by atoms with Gasteiger partial charge in [-0.15, -0.1) is 0 Å². The molecule has 0 aliphatic heterocycles. The normalized spacial score (nSPS) is 11.3. The Labute approximate surface area is 184 Å². The van der Waals surface area contributed by atoms with Crippen molar-refractivity contribution in [3.05, 3.63) is 90.0 Å². The summed E-state index contributed by atoms with van der Waals surface area (Å²) in [6.45, 7) is 3.63. The van der Waals surface area contributed by atoms with Gasteiger partial charge < -0.3 is 4.74 Å². The summed E-state index contributed by atoms with van der Waals surface area (Å²) in [6.07, 6.45) is 3.48. The van der Waals surface area contributed by atoms with Gasteiger partial charge in [-0.05, 0) is 55.8 Å². The van der Waals surface area contributed by atoms with Crippen LogP contribution in [0.3, 0.4) is 0 Å². The second kappa shape index (κ2) is 8.75. The molecule has 0 atom stereocenters. The highest BCUT2D eigenvalue weighted by molar-refractivity contribution is 7.91. The second-order valence-corrected chi connectivity index (χ2v) is 8.80. The molecule has 2 aromatic heterocycles. The maximum absolute atomic E-state index is 13.3. The van der Waals surface area contributed by atoms with Gasteiger partial charge in [-0.25, -0.2) is 22.8 Å². The molecule has 2 aromatic carbocycles. The first kappa shape index (κ1) is 21.4. The number of hydrogen-bond donors (Lipinski definition) is 1. The quantitative estimate of drug-likeness (QED) is 0.451. The first-order chi connectivity index (χ1) is 15.3. The smallest absolute Gasteiger partial charge is 0.236 e. The summed E-state index contributed by atoms with van der Waals surface area (Å²) in [5, 5.41) is 0. The van der Waals surface area contributed by atoms with Crippen LogP contribution in [0.2, 0.25) is 0 Å². The average molecular weight is 453 g/mol. The number of hydrogen-bond acceptors (Lipinski definition) is 6. The van der Waals surface area contributed by atoms with Crippen LogP contribution in [0.1, 0.15) is 17.2 Å². The van der Waals surface area contributed by atoms with Gasteiger partial charge in [0.25, 0.3) is 0 Å². The molecule has 0 saturated carbocycles. The third kappa shape index (κ3) is 5.27. The SMILES string of the molecule is Cc1nc(Oc2ccc(NS(=O)(=O)Cc3cccc(F)c3)cc2)cc(-n2ccnc2C)n1. The summed E-state index contributed by atoms with van der Waals surface area (Å²) >= 11 is 0. The minimum Gasteiger partial charge on any atom is -0.439 e. The minimum absolute atomic E-state index is 0.334. The molecule has 0 saturated heterocycles. The minimum atomic E-state index is -3.70. The summed E-state index contributed by atoms with van der Waals surface area (Å²) in [5.74, 6) is 1.95. The van der Waals surface area contributed by atoms with Crippen molar-refractivity contribution in [2.45, 2.75) is 19.6 Å². The van der Waals surface area contributed by atoms with Crippen molar-refractivity contribution in [1.82, 2.24) is 19.5 Å². The molecule has 10 heteroatoms. The van der Waals surface area contributed by atoms with Crippen LogP contribution in [0.15, 0.2) is 67.0 Å². The number of aromatic nitrogens is 4. The van der Waals surface area contributed by atoms with E-state index in [2.05, 4.69) is 19.7 Å². The van der Waals surface area contributed by atoms with Crippen molar-refractivity contribution < 1.29 is 17.5 Å². The van der Waals surface area contributed by atoms with Crippen LogP contribution in [0.25, 0.3) is 5.82 Å². The van der Waals surface area contributed by atoms with Crippen molar-refractivity contribution >= 4 is 15.7 Å². The Kier molecular flexibility index (Phi) is 5.87. The van der Waals surface area contributed by atoms with E-state index in [9.17, 15) is 12.8 Å². The lowest BCUT2D eigenvalue weighted by molar-refractivity contribution is 0.459. The fourth-order valence-corrected chi connectivity index (χ4v) is 4.28. The fraction of sp³-hybridized carbons (Fsp3) is 0.136. The lowest BCUT2D eigenvalue weighted by atomic mass is 10.2. The van der Waals surface area contributed by atoms with E-state index in [0.717, 1.165) is 5.82 Å². The highest BCUT2D eigenvalue weighted by Gasteiger charge is 2.13. The average Bonchev–Trinajstić information content (AvgIpc) is 3.14. The number of ether oxygens (including phenoxy) is 1. The molecule has 4 rings (SSSR count). The third-order valence-electron chi connectivity index (χ3n) is 4.47. The number of nitrogens with one attached hydrogen (secondary N) is 1. The molecule has 8 nitrogen and oxygen atoms in total. The van der Waals surface area contributed by atoms with Crippen molar-refractivity contribution in [2.24, 2.45) is 0 Å². The predicted octanol–water partition coefficient (Wildman–Crippen LogP) is 4.15. The van der Waals surface area contributed by atoms with E-state index in [0.29, 0.717) is 34.5 Å². The highest BCUT2D eigenvalue weighted by atomic mass is 32.2. The zero-order chi connectivity index (χ0) is 22.7. The molecule has 0 radical (unpaired) electrons. The van der Waals surface area contributed by atoms with E-state index in [-0.39, 0.29) is 5.75 Å². The van der Waals surface area contributed by atoms with Gasteiger partial charge in [-0.1, -0.05) is 12.1 Å². The van der Waals surface area contributed by atoms with E-state index in [1.165, 1.54) is 18.2 Å². The Morgan fingerprint density at radius 3 is 2.53 bits per heavy atom. The maximum atomic E-state index is 13.3. The Balaban J connectivity index is 1.46. The van der Waals surface area contributed by atoms with Gasteiger partial charge in [-0.3, -0.25) is 9.29 Å². The zero-order valence-electron chi connectivity index (χ0n) is 17.4. The van der Waals surface area contributed by atoms with Crippen LogP contribution in [0, 0.1) is 19.7 Å². The molecule has 0 amide bonds. The molecule has 0 fully saturated rings. The van der Waals surface area contributed by atoms with Crippen molar-refractivity contribution in [2.75, 3.05) is 4.72 Å². The number of halogens is 1. The summed E-state index contributed by atoms with van der Waals surface area (Å²) in [5.41, 5.74) is 0.725. The van der Waals surface area contributed by atoms with Crippen molar-refractivity contribution in [1.29, 1.82) is 0 Å². The van der Waals surface area contributed by atoms with E-state index < -0.39 is 15.8 Å². The molecule has 4 aromatic rings. The monoisotopic (exact) mass is 453 g/mol. The maximum Gasteiger partial charge on any atom is 0.236 e. The van der Waals surface area contributed by atoms with E-state index in [1.807, 2.05) is 11.5 Å². The standard InChI is InChI=1S/C22H20FN5O3S/c1-15-25-21(28-11-10-24-16(28)2)13-22(26-15)31-20-8-6-19(7-9-20)27-32(29,30)14-17-4-3-5-18(23)12-17/h3-13,27H,14H2,1-2H3. The van der Waals surface area contributed by atoms with Gasteiger partial charge in [0, 0.05) is 24.1 Å². The number of rotatable bonds is 7. The molecule has 32 heavy (non-hydrogen) atoms. The lowest BCUT2D eigenvalue weighted by Crippen LogP contribution is -2.15. The molecular weight excluding hydrogens is 433 g/mol. The number of imidazole rings is 1. The first-order valence-corrected chi connectivity index (χ1v) is 11.3. The molecule has 0 aliphatic rings. The summed E-state index contributed by atoms with van der Waals surface area (Å²) < 4.78 is 48.2. The molecule has 0 bridgehead atoms. The molecule has 0 aliphatic carbocycles. The van der Waals surface area contributed by atoms with Crippen LogP contribution in [0.4, 0.5) is 10.1 Å². The number of nitrogens with zero attached hydrogens (tertiary/aromatic N) is 4. The lowest BCUT2D eigenvalue weighted by Gasteiger charge is -2.11. The number of anilines is 1. The molecule has 1 N–H and O–H groups in total. The predicted molar refractivity (Wildman–Crippen MR) is 118 cm³/mol. The summed E-state index contributed by atoms with van der Waals surface area (Å²) in [6, 6.07) is 13.6.